The third kappa shape index (κ3) is 11.2. The first-order chi connectivity index (χ1) is 16.2. The minimum atomic E-state index is -1.32. The molecule has 12 nitrogen and oxygen atoms in total. The number of unbranched alkanes of at least 4 members (excludes halogenated alkanes) is 1. The van der Waals surface area contributed by atoms with Crippen LogP contribution < -0.4 is 32.7 Å². The van der Waals surface area contributed by atoms with Crippen LogP contribution >= 0.6 is 11.8 Å². The first-order valence-electron chi connectivity index (χ1n) is 11.5. The van der Waals surface area contributed by atoms with E-state index in [9.17, 15) is 29.1 Å². The van der Waals surface area contributed by atoms with Gasteiger partial charge in [-0.05, 0) is 70.0 Å². The van der Waals surface area contributed by atoms with Gasteiger partial charge in [-0.25, -0.2) is 4.79 Å². The first kappa shape index (κ1) is 29.7. The van der Waals surface area contributed by atoms with E-state index in [1.54, 1.807) is 0 Å². The van der Waals surface area contributed by atoms with Crippen LogP contribution in [0.5, 0.6) is 0 Å². The van der Waals surface area contributed by atoms with Crippen LogP contribution in [0.25, 0.3) is 0 Å². The van der Waals surface area contributed by atoms with Gasteiger partial charge in [-0.1, -0.05) is 0 Å². The number of primary amides is 1. The van der Waals surface area contributed by atoms with Crippen molar-refractivity contribution in [1.29, 1.82) is 0 Å². The van der Waals surface area contributed by atoms with Gasteiger partial charge in [0, 0.05) is 6.42 Å². The molecule has 1 rings (SSSR count). The molecular formula is C21H38N6O6S. The van der Waals surface area contributed by atoms with E-state index >= 15 is 0 Å². The molecule has 0 saturated carbocycles. The summed E-state index contributed by atoms with van der Waals surface area (Å²) >= 11 is 1.47. The monoisotopic (exact) mass is 502 g/mol. The molecule has 4 amide bonds. The molecule has 1 heterocycles. The molecule has 4 atom stereocenters. The van der Waals surface area contributed by atoms with E-state index in [2.05, 4.69) is 21.3 Å². The summed E-state index contributed by atoms with van der Waals surface area (Å²) in [6.45, 7) is 1.19. The van der Waals surface area contributed by atoms with Gasteiger partial charge in [0.25, 0.3) is 0 Å². The number of carbonyl (C=O) groups excluding carboxylic acids is 4. The fourth-order valence-corrected chi connectivity index (χ4v) is 4.01. The number of carbonyl (C=O) groups is 5. The molecule has 13 heteroatoms. The summed E-state index contributed by atoms with van der Waals surface area (Å²) in [4.78, 5) is 61.0. The largest absolute Gasteiger partial charge is 0.480 e. The molecule has 34 heavy (non-hydrogen) atoms. The van der Waals surface area contributed by atoms with Crippen molar-refractivity contribution < 1.29 is 29.1 Å². The lowest BCUT2D eigenvalue weighted by atomic mass is 10.1. The van der Waals surface area contributed by atoms with E-state index in [0.717, 1.165) is 13.0 Å². The predicted molar refractivity (Wildman–Crippen MR) is 129 cm³/mol. The van der Waals surface area contributed by atoms with Crippen molar-refractivity contribution in [3.8, 4) is 0 Å². The van der Waals surface area contributed by atoms with Crippen LogP contribution in [0.3, 0.4) is 0 Å². The van der Waals surface area contributed by atoms with Crippen molar-refractivity contribution in [3.05, 3.63) is 0 Å². The number of hydrogen-bond acceptors (Lipinski definition) is 8. The van der Waals surface area contributed by atoms with Gasteiger partial charge in [0.15, 0.2) is 0 Å². The number of nitrogens with one attached hydrogen (secondary N) is 4. The Bertz CT molecular complexity index is 703. The van der Waals surface area contributed by atoms with Gasteiger partial charge in [0.1, 0.15) is 18.1 Å². The van der Waals surface area contributed by atoms with E-state index in [-0.39, 0.29) is 31.2 Å². The van der Waals surface area contributed by atoms with Crippen LogP contribution in [0.15, 0.2) is 0 Å². The number of amides is 4. The fourth-order valence-electron chi connectivity index (χ4n) is 3.54. The van der Waals surface area contributed by atoms with Crippen LogP contribution in [-0.4, -0.2) is 84.0 Å². The van der Waals surface area contributed by atoms with Gasteiger partial charge in [-0.15, -0.1) is 0 Å². The van der Waals surface area contributed by atoms with Crippen LogP contribution in [0.1, 0.15) is 51.4 Å². The Morgan fingerprint density at radius 2 is 1.65 bits per heavy atom. The van der Waals surface area contributed by atoms with Crippen molar-refractivity contribution in [2.75, 3.05) is 25.1 Å². The summed E-state index contributed by atoms with van der Waals surface area (Å²) in [6.07, 6.45) is 4.94. The minimum absolute atomic E-state index is 0.161. The lowest BCUT2D eigenvalue weighted by Crippen LogP contribution is -2.57. The molecular weight excluding hydrogens is 464 g/mol. The highest BCUT2D eigenvalue weighted by Crippen LogP contribution is 2.09. The maximum atomic E-state index is 13.1. The molecule has 1 fully saturated rings. The van der Waals surface area contributed by atoms with E-state index in [1.807, 2.05) is 6.26 Å². The van der Waals surface area contributed by atoms with Crippen molar-refractivity contribution in [2.45, 2.75) is 75.5 Å². The predicted octanol–water partition coefficient (Wildman–Crippen LogP) is -1.57. The Balaban J connectivity index is 2.88. The Hall–Kier alpha value is -2.38. The highest BCUT2D eigenvalue weighted by molar-refractivity contribution is 7.98. The molecule has 0 aromatic heterocycles. The normalized spacial score (nSPS) is 17.9. The smallest absolute Gasteiger partial charge is 0.326 e. The van der Waals surface area contributed by atoms with E-state index < -0.39 is 41.8 Å². The number of hydrogen-bond donors (Lipinski definition) is 7. The van der Waals surface area contributed by atoms with E-state index in [1.165, 1.54) is 11.8 Å². The second-order valence-corrected chi connectivity index (χ2v) is 9.23. The second-order valence-electron chi connectivity index (χ2n) is 8.24. The maximum absolute atomic E-state index is 13.1. The zero-order chi connectivity index (χ0) is 25.5. The summed E-state index contributed by atoms with van der Waals surface area (Å²) in [5, 5.41) is 20.3. The number of carboxylic acids is 1. The molecule has 0 aliphatic carbocycles. The van der Waals surface area contributed by atoms with Gasteiger partial charge in [0.05, 0.1) is 6.04 Å². The molecule has 0 radical (unpaired) electrons. The van der Waals surface area contributed by atoms with Gasteiger partial charge >= 0.3 is 5.97 Å². The van der Waals surface area contributed by atoms with Crippen molar-refractivity contribution in [3.63, 3.8) is 0 Å². The summed E-state index contributed by atoms with van der Waals surface area (Å²) in [5.74, 6) is -2.92. The van der Waals surface area contributed by atoms with Gasteiger partial charge in [-0.3, -0.25) is 19.2 Å². The first-order valence-corrected chi connectivity index (χ1v) is 12.9. The van der Waals surface area contributed by atoms with Crippen molar-refractivity contribution >= 4 is 41.4 Å². The Labute approximate surface area is 204 Å². The number of nitrogens with two attached hydrogens (primary N) is 2. The average molecular weight is 503 g/mol. The molecule has 0 aromatic rings. The molecule has 0 bridgehead atoms. The SMILES string of the molecule is CSCCC(NC(=O)C(CCCCN)NC(=O)C1CCCN1)C(=O)NC(CCC(N)=O)C(=O)O. The summed E-state index contributed by atoms with van der Waals surface area (Å²) in [5.41, 5.74) is 10.6. The van der Waals surface area contributed by atoms with Gasteiger partial charge in [-0.2, -0.15) is 11.8 Å². The third-order valence-corrected chi connectivity index (χ3v) is 6.14. The van der Waals surface area contributed by atoms with Crippen LogP contribution in [0.2, 0.25) is 0 Å². The summed E-state index contributed by atoms with van der Waals surface area (Å²) < 4.78 is 0. The molecule has 1 saturated heterocycles. The summed E-state index contributed by atoms with van der Waals surface area (Å²) in [6, 6.07) is -3.53. The van der Waals surface area contributed by atoms with Gasteiger partial charge < -0.3 is 37.8 Å². The Kier molecular flexibility index (Phi) is 14.2. The van der Waals surface area contributed by atoms with Crippen molar-refractivity contribution in [2.24, 2.45) is 11.5 Å². The molecule has 1 aliphatic rings. The molecule has 4 unspecified atom stereocenters. The maximum Gasteiger partial charge on any atom is 0.326 e. The zero-order valence-corrected chi connectivity index (χ0v) is 20.5. The number of carboxylic acid groups (broad SMARTS) is 1. The van der Waals surface area contributed by atoms with Gasteiger partial charge in [0.2, 0.25) is 23.6 Å². The van der Waals surface area contributed by atoms with Crippen LogP contribution in [0.4, 0.5) is 0 Å². The van der Waals surface area contributed by atoms with E-state index in [4.69, 9.17) is 11.5 Å². The highest BCUT2D eigenvalue weighted by atomic mass is 32.2. The average Bonchev–Trinajstić information content (AvgIpc) is 3.33. The highest BCUT2D eigenvalue weighted by Gasteiger charge is 2.31. The summed E-state index contributed by atoms with van der Waals surface area (Å²) in [7, 11) is 0. The molecule has 1 aliphatic heterocycles. The molecule has 194 valence electrons. The van der Waals surface area contributed by atoms with E-state index in [0.29, 0.717) is 38.0 Å². The van der Waals surface area contributed by atoms with Crippen molar-refractivity contribution in [1.82, 2.24) is 21.3 Å². The standard InChI is InChI=1S/C21H38N6O6S/c1-34-12-9-15(20(31)27-16(21(32)33)7-8-17(23)28)26-19(30)14(5-2-3-10-22)25-18(29)13-6-4-11-24-13/h13-16,24H,2-12,22H2,1H3,(H2,23,28)(H,25,29)(H,26,30)(H,27,31)(H,32,33). The zero-order valence-electron chi connectivity index (χ0n) is 19.6. The lowest BCUT2D eigenvalue weighted by Gasteiger charge is -2.25. The number of thioether (sulfide) groups is 1. The van der Waals surface area contributed by atoms with Crippen LogP contribution in [0, 0.1) is 0 Å². The number of rotatable bonds is 17. The Morgan fingerprint density at radius 3 is 2.18 bits per heavy atom. The Morgan fingerprint density at radius 1 is 1.00 bits per heavy atom. The fraction of sp³-hybridized carbons (Fsp3) is 0.762. The minimum Gasteiger partial charge on any atom is -0.480 e. The number of aliphatic carboxylic acids is 1. The topological polar surface area (TPSA) is 206 Å². The lowest BCUT2D eigenvalue weighted by molar-refractivity contribution is -0.142. The molecule has 0 aromatic carbocycles. The molecule has 9 N–H and O–H groups in total. The third-order valence-electron chi connectivity index (χ3n) is 5.49. The second kappa shape index (κ2) is 16.3. The quantitative estimate of drug-likeness (QED) is 0.114. The van der Waals surface area contributed by atoms with Crippen LogP contribution in [-0.2, 0) is 24.0 Å². The molecule has 0 spiro atoms.